The van der Waals surface area contributed by atoms with Gasteiger partial charge in [0.05, 0.1) is 0 Å². The number of benzene rings is 1. The van der Waals surface area contributed by atoms with Crippen molar-refractivity contribution in [1.82, 2.24) is 15.6 Å². The highest BCUT2D eigenvalue weighted by Gasteiger charge is 2.35. The summed E-state index contributed by atoms with van der Waals surface area (Å²) < 4.78 is 0. The van der Waals surface area contributed by atoms with Crippen LogP contribution in [0.1, 0.15) is 25.0 Å². The normalized spacial score (nSPS) is 11.0. The highest BCUT2D eigenvalue weighted by atomic mass is 35.5. The molecule has 2 N–H and O–H groups in total. The highest BCUT2D eigenvalue weighted by molar-refractivity contribution is 6.30. The van der Waals surface area contributed by atoms with Gasteiger partial charge in [0.1, 0.15) is 5.41 Å². The Balaban J connectivity index is 1.88. The maximum absolute atomic E-state index is 12.3. The van der Waals surface area contributed by atoms with Crippen molar-refractivity contribution < 1.29 is 9.59 Å². The Labute approximate surface area is 146 Å². The average molecular weight is 346 g/mol. The van der Waals surface area contributed by atoms with E-state index in [4.69, 9.17) is 11.6 Å². The van der Waals surface area contributed by atoms with Gasteiger partial charge in [0, 0.05) is 30.5 Å². The molecule has 0 radical (unpaired) electrons. The van der Waals surface area contributed by atoms with E-state index < -0.39 is 5.41 Å². The molecule has 5 nitrogen and oxygen atoms in total. The lowest BCUT2D eigenvalue weighted by atomic mass is 9.91. The standard InChI is InChI=1S/C18H20ClN3O2/c1-18(2,17(24)22-12-14-4-3-9-20-10-14)16(23)21-11-13-5-7-15(19)8-6-13/h3-10H,11-12H2,1-2H3,(H,21,23)(H,22,24). The van der Waals surface area contributed by atoms with Crippen LogP contribution in [0.4, 0.5) is 0 Å². The summed E-state index contributed by atoms with van der Waals surface area (Å²) in [6.45, 7) is 3.88. The maximum Gasteiger partial charge on any atom is 0.235 e. The van der Waals surface area contributed by atoms with Gasteiger partial charge in [-0.25, -0.2) is 0 Å². The molecule has 6 heteroatoms. The van der Waals surface area contributed by atoms with Crippen molar-refractivity contribution in [1.29, 1.82) is 0 Å². The molecule has 0 fully saturated rings. The molecule has 24 heavy (non-hydrogen) atoms. The first kappa shape index (κ1) is 17.9. The van der Waals surface area contributed by atoms with Gasteiger partial charge in [-0.15, -0.1) is 0 Å². The van der Waals surface area contributed by atoms with Gasteiger partial charge < -0.3 is 10.6 Å². The minimum atomic E-state index is -1.17. The van der Waals surface area contributed by atoms with Gasteiger partial charge in [-0.1, -0.05) is 29.8 Å². The quantitative estimate of drug-likeness (QED) is 0.791. The lowest BCUT2D eigenvalue weighted by Crippen LogP contribution is -2.47. The molecule has 0 aliphatic heterocycles. The van der Waals surface area contributed by atoms with E-state index >= 15 is 0 Å². The Hall–Kier alpha value is -2.40. The number of hydrogen-bond donors (Lipinski definition) is 2. The second-order valence-electron chi connectivity index (χ2n) is 5.98. The van der Waals surface area contributed by atoms with Crippen LogP contribution in [-0.2, 0) is 22.7 Å². The van der Waals surface area contributed by atoms with Gasteiger partial charge in [0.15, 0.2) is 0 Å². The Kier molecular flexibility index (Phi) is 5.93. The summed E-state index contributed by atoms with van der Waals surface area (Å²) in [5, 5.41) is 6.19. The highest BCUT2D eigenvalue weighted by Crippen LogP contribution is 2.16. The first-order valence-corrected chi connectivity index (χ1v) is 7.97. The van der Waals surface area contributed by atoms with E-state index in [2.05, 4.69) is 15.6 Å². The van der Waals surface area contributed by atoms with Gasteiger partial charge in [-0.2, -0.15) is 0 Å². The number of halogens is 1. The summed E-state index contributed by atoms with van der Waals surface area (Å²) in [6, 6.07) is 10.8. The van der Waals surface area contributed by atoms with Crippen LogP contribution < -0.4 is 10.6 Å². The largest absolute Gasteiger partial charge is 0.351 e. The number of amides is 2. The molecule has 2 amide bonds. The lowest BCUT2D eigenvalue weighted by Gasteiger charge is -2.22. The van der Waals surface area contributed by atoms with E-state index in [0.717, 1.165) is 11.1 Å². The predicted molar refractivity (Wildman–Crippen MR) is 93.2 cm³/mol. The zero-order chi connectivity index (χ0) is 17.6. The molecular weight excluding hydrogens is 326 g/mol. The molecule has 0 saturated carbocycles. The predicted octanol–water partition coefficient (Wildman–Crippen LogP) is 2.69. The smallest absolute Gasteiger partial charge is 0.235 e. The topological polar surface area (TPSA) is 71.1 Å². The number of pyridine rings is 1. The first-order valence-electron chi connectivity index (χ1n) is 7.59. The summed E-state index contributed by atoms with van der Waals surface area (Å²) >= 11 is 5.83. The van der Waals surface area contributed by atoms with Crippen molar-refractivity contribution in [3.05, 3.63) is 64.9 Å². The van der Waals surface area contributed by atoms with Gasteiger partial charge >= 0.3 is 0 Å². The second-order valence-corrected chi connectivity index (χ2v) is 6.41. The number of rotatable bonds is 6. The molecule has 0 spiro atoms. The van der Waals surface area contributed by atoms with Crippen LogP contribution in [0, 0.1) is 5.41 Å². The number of aromatic nitrogens is 1. The SMILES string of the molecule is CC(C)(C(=O)NCc1ccc(Cl)cc1)C(=O)NCc1cccnc1. The molecule has 1 heterocycles. The molecule has 0 aliphatic carbocycles. The molecule has 2 rings (SSSR count). The Morgan fingerprint density at radius 2 is 1.58 bits per heavy atom. The molecule has 1 aromatic heterocycles. The van der Waals surface area contributed by atoms with Crippen LogP contribution in [0.3, 0.4) is 0 Å². The number of hydrogen-bond acceptors (Lipinski definition) is 3. The Morgan fingerprint density at radius 1 is 1.00 bits per heavy atom. The summed E-state index contributed by atoms with van der Waals surface area (Å²) in [4.78, 5) is 28.7. The number of nitrogens with one attached hydrogen (secondary N) is 2. The number of carbonyl (C=O) groups is 2. The van der Waals surface area contributed by atoms with Crippen molar-refractivity contribution in [2.24, 2.45) is 5.41 Å². The fraction of sp³-hybridized carbons (Fsp3) is 0.278. The lowest BCUT2D eigenvalue weighted by molar-refractivity contribution is -0.141. The van der Waals surface area contributed by atoms with Crippen molar-refractivity contribution in [2.75, 3.05) is 0 Å². The van der Waals surface area contributed by atoms with E-state index in [9.17, 15) is 9.59 Å². The minimum Gasteiger partial charge on any atom is -0.351 e. The summed E-state index contributed by atoms with van der Waals surface area (Å²) in [7, 11) is 0. The van der Waals surface area contributed by atoms with E-state index in [0.29, 0.717) is 18.1 Å². The van der Waals surface area contributed by atoms with Gasteiger partial charge in [0.2, 0.25) is 11.8 Å². The van der Waals surface area contributed by atoms with Crippen molar-refractivity contribution in [3.8, 4) is 0 Å². The molecule has 0 atom stereocenters. The Bertz CT molecular complexity index is 700. The van der Waals surface area contributed by atoms with E-state index in [1.54, 1.807) is 44.4 Å². The minimum absolute atomic E-state index is 0.332. The van der Waals surface area contributed by atoms with E-state index in [1.165, 1.54) is 0 Å². The average Bonchev–Trinajstić information content (AvgIpc) is 2.59. The van der Waals surface area contributed by atoms with Crippen LogP contribution in [-0.4, -0.2) is 16.8 Å². The van der Waals surface area contributed by atoms with Crippen LogP contribution in [0.5, 0.6) is 0 Å². The maximum atomic E-state index is 12.3. The summed E-state index contributed by atoms with van der Waals surface area (Å²) in [6.07, 6.45) is 3.34. The third kappa shape index (κ3) is 4.80. The fourth-order valence-electron chi connectivity index (χ4n) is 2.01. The molecular formula is C18H20ClN3O2. The van der Waals surface area contributed by atoms with Crippen molar-refractivity contribution >= 4 is 23.4 Å². The van der Waals surface area contributed by atoms with Gasteiger partial charge in [-0.05, 0) is 43.2 Å². The zero-order valence-corrected chi connectivity index (χ0v) is 14.4. The van der Waals surface area contributed by atoms with Crippen molar-refractivity contribution in [2.45, 2.75) is 26.9 Å². The summed E-state index contributed by atoms with van der Waals surface area (Å²) in [5.74, 6) is -0.666. The molecule has 0 unspecified atom stereocenters. The zero-order valence-electron chi connectivity index (χ0n) is 13.7. The van der Waals surface area contributed by atoms with Gasteiger partial charge in [0.25, 0.3) is 0 Å². The molecule has 2 aromatic rings. The summed E-state index contributed by atoms with van der Waals surface area (Å²) in [5.41, 5.74) is 0.622. The third-order valence-electron chi connectivity index (χ3n) is 3.68. The molecule has 0 aliphatic rings. The van der Waals surface area contributed by atoms with Crippen LogP contribution in [0.25, 0.3) is 0 Å². The van der Waals surface area contributed by atoms with Crippen LogP contribution in [0.15, 0.2) is 48.8 Å². The molecule has 0 bridgehead atoms. The van der Waals surface area contributed by atoms with Crippen LogP contribution in [0.2, 0.25) is 5.02 Å². The first-order chi connectivity index (χ1) is 11.4. The number of nitrogens with zero attached hydrogens (tertiary/aromatic N) is 1. The van der Waals surface area contributed by atoms with Gasteiger partial charge in [-0.3, -0.25) is 14.6 Å². The Morgan fingerprint density at radius 3 is 2.12 bits per heavy atom. The molecule has 0 saturated heterocycles. The van der Waals surface area contributed by atoms with Crippen LogP contribution >= 0.6 is 11.6 Å². The molecule has 1 aromatic carbocycles. The van der Waals surface area contributed by atoms with E-state index in [-0.39, 0.29) is 11.8 Å². The number of carbonyl (C=O) groups excluding carboxylic acids is 2. The van der Waals surface area contributed by atoms with E-state index in [1.807, 2.05) is 18.2 Å². The second kappa shape index (κ2) is 7.93. The molecule has 126 valence electrons. The van der Waals surface area contributed by atoms with Crippen molar-refractivity contribution in [3.63, 3.8) is 0 Å². The third-order valence-corrected chi connectivity index (χ3v) is 3.93. The monoisotopic (exact) mass is 345 g/mol. The fourth-order valence-corrected chi connectivity index (χ4v) is 2.14.